The van der Waals surface area contributed by atoms with Gasteiger partial charge in [0.1, 0.15) is 32.9 Å². The minimum absolute atomic E-state index is 0. The van der Waals surface area contributed by atoms with Gasteiger partial charge in [0, 0.05) is 0 Å². The van der Waals surface area contributed by atoms with Crippen molar-refractivity contribution in [1.29, 1.82) is 0 Å². The Kier molecular flexibility index (Phi) is 44.0. The van der Waals surface area contributed by atoms with E-state index in [1.807, 2.05) is 0 Å². The van der Waals surface area contributed by atoms with Crippen LogP contribution < -0.4 is 21.2 Å². The molecular weight excluding hydrogens is 826 g/mol. The zero-order chi connectivity index (χ0) is 36.1. The summed E-state index contributed by atoms with van der Waals surface area (Å²) in [5, 5.41) is 5.71. The Morgan fingerprint density at radius 3 is 0.700 bits per heavy atom. The van der Waals surface area contributed by atoms with Crippen molar-refractivity contribution in [2.45, 2.75) is 0 Å². The van der Waals surface area contributed by atoms with Crippen LogP contribution in [0.1, 0.15) is 0 Å². The van der Waals surface area contributed by atoms with E-state index in [0.29, 0.717) is 0 Å². The van der Waals surface area contributed by atoms with Gasteiger partial charge in [-0.2, -0.15) is 0 Å². The van der Waals surface area contributed by atoms with E-state index in [-0.39, 0.29) is 42.1 Å². The molecule has 0 aromatic heterocycles. The number of benzene rings is 4. The van der Waals surface area contributed by atoms with Crippen LogP contribution in [0.15, 0.2) is 145 Å². The Balaban J connectivity index is -0.000000399. The van der Waals surface area contributed by atoms with Crippen LogP contribution in [0.2, 0.25) is 0 Å². The molecule has 5 nitrogen and oxygen atoms in total. The standard InChI is InChI=1S/C26H22P2.2C5H.5CO.2Mo/c1-5-13-23(14-6-1)27(24-15-7-2-8-16-24)21-22-28(25-17-9-3-10-18-25)26-19-11-4-12-20-26;2*1-2-4-5-3-1;5*1-2;;/h1-22H;2*1H;;;;;;;/q;2*-5;;;;;;+2;+4/p+2/b22-21-;;;;;;;;;. The molecule has 0 atom stereocenters. The van der Waals surface area contributed by atoms with Gasteiger partial charge in [-0.15, -0.1) is 0 Å². The molecule has 6 aromatic carbocycles. The van der Waals surface area contributed by atoms with Crippen LogP contribution in [0.5, 0.6) is 0 Å². The van der Waals surface area contributed by atoms with Crippen LogP contribution in [0, 0.1) is 81.8 Å². The Hall–Kier alpha value is -3.74. The predicted octanol–water partition coefficient (Wildman–Crippen LogP) is 6.21. The first-order valence-electron chi connectivity index (χ1n) is 13.2. The predicted molar refractivity (Wildman–Crippen MR) is 184 cm³/mol. The first-order valence-corrected chi connectivity index (χ1v) is 16.4. The fourth-order valence-electron chi connectivity index (χ4n) is 3.72. The van der Waals surface area contributed by atoms with E-state index in [2.05, 4.69) is 215 Å². The molecule has 244 valence electrons. The van der Waals surface area contributed by atoms with Crippen molar-refractivity contribution in [2.75, 3.05) is 0 Å². The number of hydrogen-bond acceptors (Lipinski definition) is 0. The summed E-state index contributed by atoms with van der Waals surface area (Å²) in [6.45, 7) is 22.5. The average Bonchev–Trinajstić information content (AvgIpc) is 4.00. The minimum Gasteiger partial charge on any atom is -0.999 e. The summed E-state index contributed by atoms with van der Waals surface area (Å²) in [6, 6.07) is 67.7. The van der Waals surface area contributed by atoms with Gasteiger partial charge < -0.3 is 60.7 Å². The first-order chi connectivity index (χ1) is 23.9. The molecule has 0 saturated carbocycles. The van der Waals surface area contributed by atoms with E-state index in [1.165, 1.54) is 21.2 Å². The molecule has 0 heterocycles. The maximum atomic E-state index is 7.50. The largest absolute Gasteiger partial charge is 4.00 e. The van der Waals surface area contributed by atoms with E-state index < -0.39 is 15.8 Å². The van der Waals surface area contributed by atoms with Crippen molar-refractivity contribution in [3.05, 3.63) is 227 Å². The van der Waals surface area contributed by atoms with Crippen LogP contribution in [-0.2, 0) is 65.4 Å². The SMILES string of the molecule is C(=C/[PH+](c1ccccc1)c1ccccc1)/[PH+](c1ccccc1)c1ccccc1.[C-]#[O+].[C-]#[O+].[C-]#[O+].[C-]#[O+].[C-]#[O+].[Mo+2].[Mo+4].[c-]1[c-][c-][cH-][c-]1.[c-]1[c-][c-][cH-][c-]1. The second-order valence-electron chi connectivity index (χ2n) is 7.99. The van der Waals surface area contributed by atoms with Crippen LogP contribution in [-0.4, -0.2) is 0 Å². The summed E-state index contributed by atoms with van der Waals surface area (Å²) in [6.07, 6.45) is 0. The van der Waals surface area contributed by atoms with Gasteiger partial charge in [-0.05, 0) is 48.5 Å². The van der Waals surface area contributed by atoms with Gasteiger partial charge in [-0.1, -0.05) is 72.8 Å². The fraction of sp³-hybridized carbons (Fsp3) is 0. The van der Waals surface area contributed by atoms with Gasteiger partial charge in [0.2, 0.25) is 0 Å². The topological polar surface area (TPSA) is 99.5 Å². The van der Waals surface area contributed by atoms with Gasteiger partial charge in [-0.3, -0.25) is 0 Å². The molecule has 0 unspecified atom stereocenters. The Labute approximate surface area is 327 Å². The second-order valence-corrected chi connectivity index (χ2v) is 12.6. The van der Waals surface area contributed by atoms with Crippen LogP contribution >= 0.6 is 15.8 Å². The van der Waals surface area contributed by atoms with Gasteiger partial charge in [0.15, 0.2) is 0 Å². The molecule has 0 radical (unpaired) electrons. The van der Waals surface area contributed by atoms with Gasteiger partial charge >= 0.3 is 98.6 Å². The normalized spacial score (nSPS) is 8.16. The molecule has 0 saturated heterocycles. The molecule has 6 aromatic rings. The monoisotopic (exact) mass is 856 g/mol. The molecule has 0 aliphatic heterocycles. The van der Waals surface area contributed by atoms with Crippen molar-refractivity contribution >= 4 is 37.1 Å². The summed E-state index contributed by atoms with van der Waals surface area (Å²) < 4.78 is 37.5. The maximum Gasteiger partial charge on any atom is 4.00 e. The van der Waals surface area contributed by atoms with E-state index in [0.717, 1.165) is 0 Å². The molecule has 0 aliphatic carbocycles. The van der Waals surface area contributed by atoms with Crippen molar-refractivity contribution in [1.82, 2.24) is 0 Å². The Morgan fingerprint density at radius 1 is 0.380 bits per heavy atom. The smallest absolute Gasteiger partial charge is 0.999 e. The van der Waals surface area contributed by atoms with Gasteiger partial charge in [-0.25, -0.2) is 0 Å². The molecule has 0 N–H and O–H groups in total. The van der Waals surface area contributed by atoms with E-state index in [1.54, 1.807) is 12.1 Å². The Bertz CT molecular complexity index is 1380. The molecule has 0 amide bonds. The molecule has 6 rings (SSSR count). The third-order valence-corrected chi connectivity index (χ3v) is 10.6. The second kappa shape index (κ2) is 41.4. The zero-order valence-electron chi connectivity index (χ0n) is 26.2. The number of hydrogen-bond donors (Lipinski definition) is 0. The first kappa shape index (κ1) is 53.1. The van der Waals surface area contributed by atoms with Crippen LogP contribution in [0.4, 0.5) is 0 Å². The summed E-state index contributed by atoms with van der Waals surface area (Å²) >= 11 is 0. The molecule has 0 aliphatic rings. The molecule has 50 heavy (non-hydrogen) atoms. The van der Waals surface area contributed by atoms with Crippen molar-refractivity contribution < 1.29 is 65.4 Å². The van der Waals surface area contributed by atoms with Gasteiger partial charge in [0.25, 0.3) is 0 Å². The van der Waals surface area contributed by atoms with E-state index >= 15 is 0 Å². The maximum absolute atomic E-state index is 7.50. The van der Waals surface area contributed by atoms with Crippen LogP contribution in [0.3, 0.4) is 0 Å². The minimum atomic E-state index is -0.964. The van der Waals surface area contributed by atoms with Crippen LogP contribution in [0.25, 0.3) is 0 Å². The fourth-order valence-corrected chi connectivity index (χ4v) is 8.69. The summed E-state index contributed by atoms with van der Waals surface area (Å²) in [5.74, 6) is 5.01. The van der Waals surface area contributed by atoms with Crippen molar-refractivity contribution in [3.8, 4) is 0 Å². The third kappa shape index (κ3) is 23.6. The number of rotatable bonds is 6. The summed E-state index contributed by atoms with van der Waals surface area (Å²) in [5.41, 5.74) is 0. The van der Waals surface area contributed by atoms with Crippen molar-refractivity contribution in [2.24, 2.45) is 0 Å². The van der Waals surface area contributed by atoms with E-state index in [9.17, 15) is 0 Å². The molecular formula is C41H26Mo2O5P2-2. The molecule has 9 heteroatoms. The zero-order valence-corrected chi connectivity index (χ0v) is 32.2. The summed E-state index contributed by atoms with van der Waals surface area (Å²) in [4.78, 5) is 0. The third-order valence-electron chi connectivity index (χ3n) is 5.46. The molecule has 0 spiro atoms. The average molecular weight is 852 g/mol. The van der Waals surface area contributed by atoms with Gasteiger partial charge in [0.05, 0.1) is 15.8 Å². The van der Waals surface area contributed by atoms with E-state index in [4.69, 9.17) is 23.3 Å². The Morgan fingerprint density at radius 2 is 0.560 bits per heavy atom. The molecule has 0 bridgehead atoms. The van der Waals surface area contributed by atoms with Crippen molar-refractivity contribution in [3.63, 3.8) is 0 Å². The summed E-state index contributed by atoms with van der Waals surface area (Å²) in [7, 11) is -1.93. The molecule has 0 fully saturated rings. The quantitative estimate of drug-likeness (QED) is 0.0825.